The van der Waals surface area contributed by atoms with Gasteiger partial charge in [-0.3, -0.25) is 14.2 Å². The molecule has 1 amide bonds. The molecule has 4 aromatic rings. The lowest BCUT2D eigenvalue weighted by molar-refractivity contribution is -0.713. The lowest BCUT2D eigenvalue weighted by Gasteiger charge is -2.30. The fourth-order valence-electron chi connectivity index (χ4n) is 6.50. The van der Waals surface area contributed by atoms with Gasteiger partial charge in [0.2, 0.25) is 21.9 Å². The van der Waals surface area contributed by atoms with Crippen molar-refractivity contribution in [3.05, 3.63) is 59.3 Å². The minimum atomic E-state index is -3.47. The number of likely N-dealkylation sites (tertiary alicyclic amines) is 2. The predicted molar refractivity (Wildman–Crippen MR) is 186 cm³/mol. The molecule has 14 nitrogen and oxygen atoms in total. The van der Waals surface area contributed by atoms with E-state index in [-0.39, 0.29) is 30.6 Å². The number of carbonyl (C=O) groups is 1. The largest absolute Gasteiger partial charge is 0.382 e. The molecule has 0 aliphatic carbocycles. The van der Waals surface area contributed by atoms with E-state index in [0.29, 0.717) is 41.0 Å². The molecule has 48 heavy (non-hydrogen) atoms. The number of piperidine rings is 2. The van der Waals surface area contributed by atoms with Gasteiger partial charge in [0.15, 0.2) is 0 Å². The maximum atomic E-state index is 14.2. The number of imidazole rings is 1. The predicted octanol–water partition coefficient (Wildman–Crippen LogP) is 2.40. The number of nitrogens with one attached hydrogen (secondary N) is 3. The Labute approximate surface area is 280 Å². The number of fused-ring (bicyclic) bond motifs is 1. The molecule has 0 saturated carbocycles. The summed E-state index contributed by atoms with van der Waals surface area (Å²) in [4.78, 5) is 43.1. The van der Waals surface area contributed by atoms with Crippen molar-refractivity contribution in [2.75, 3.05) is 63.7 Å². The molecule has 2 fully saturated rings. The van der Waals surface area contributed by atoms with Crippen LogP contribution in [0.4, 0.5) is 17.3 Å². The van der Waals surface area contributed by atoms with Gasteiger partial charge in [0.1, 0.15) is 29.6 Å². The second kappa shape index (κ2) is 14.0. The Bertz CT molecular complexity index is 1930. The molecule has 1 atom stereocenters. The van der Waals surface area contributed by atoms with Crippen LogP contribution in [0.5, 0.6) is 0 Å². The third kappa shape index (κ3) is 7.53. The summed E-state index contributed by atoms with van der Waals surface area (Å²) in [7, 11) is 0.172. The summed E-state index contributed by atoms with van der Waals surface area (Å²) in [5.74, 6) is 0.957. The van der Waals surface area contributed by atoms with Gasteiger partial charge in [-0.2, -0.15) is 4.98 Å². The summed E-state index contributed by atoms with van der Waals surface area (Å²) < 4.78 is 29.2. The number of hydrogen-bond donors (Lipinski definition) is 3. The first kappa shape index (κ1) is 33.6. The van der Waals surface area contributed by atoms with Crippen molar-refractivity contribution in [2.45, 2.75) is 51.2 Å². The number of anilines is 3. The summed E-state index contributed by atoms with van der Waals surface area (Å²) in [6.07, 6.45) is 10.4. The van der Waals surface area contributed by atoms with E-state index in [1.54, 1.807) is 25.4 Å². The quantitative estimate of drug-likeness (QED) is 0.215. The van der Waals surface area contributed by atoms with Crippen LogP contribution < -0.4 is 20.8 Å². The SMILES string of the molecule is CC(=O)N1CCCC([n+]2cc[nH]c2-c2cc3cnc(Nc4ccc(NC5CCN(C)CC5)cc4)nc3n(CCN(C)S(C)(=O)=O)c2=O)C1. The first-order chi connectivity index (χ1) is 23.0. The van der Waals surface area contributed by atoms with Crippen LogP contribution in [0.2, 0.25) is 0 Å². The number of likely N-dealkylation sites (N-methyl/N-ethyl adjacent to an activating group) is 1. The number of aromatic amines is 1. The molecule has 0 radical (unpaired) electrons. The fourth-order valence-corrected chi connectivity index (χ4v) is 6.92. The van der Waals surface area contributed by atoms with Gasteiger partial charge in [0, 0.05) is 62.6 Å². The van der Waals surface area contributed by atoms with E-state index in [1.807, 2.05) is 39.9 Å². The van der Waals surface area contributed by atoms with Crippen LogP contribution in [0, 0.1) is 0 Å². The Kier molecular flexibility index (Phi) is 9.80. The number of rotatable bonds is 10. The van der Waals surface area contributed by atoms with Crippen LogP contribution in [-0.2, 0) is 21.4 Å². The van der Waals surface area contributed by atoms with Crippen molar-refractivity contribution < 1.29 is 17.8 Å². The maximum Gasteiger partial charge on any atom is 0.292 e. The molecule has 2 aliphatic rings. The second-order valence-electron chi connectivity index (χ2n) is 13.0. The topological polar surface area (TPSA) is 152 Å². The molecule has 15 heteroatoms. The van der Waals surface area contributed by atoms with Crippen LogP contribution in [-0.4, -0.2) is 107 Å². The molecule has 0 spiro atoms. The van der Waals surface area contributed by atoms with Crippen molar-refractivity contribution in [3.63, 3.8) is 0 Å². The van der Waals surface area contributed by atoms with Gasteiger partial charge in [-0.15, -0.1) is 0 Å². The number of aromatic nitrogens is 5. The number of benzene rings is 1. The molecular formula is C33H45N10O4S+. The van der Waals surface area contributed by atoms with E-state index >= 15 is 0 Å². The van der Waals surface area contributed by atoms with E-state index in [0.717, 1.165) is 62.9 Å². The summed E-state index contributed by atoms with van der Waals surface area (Å²) in [6, 6.07) is 10.2. The zero-order valence-electron chi connectivity index (χ0n) is 28.0. The van der Waals surface area contributed by atoms with Gasteiger partial charge >= 0.3 is 0 Å². The van der Waals surface area contributed by atoms with E-state index < -0.39 is 10.0 Å². The zero-order chi connectivity index (χ0) is 34.0. The molecule has 1 aromatic carbocycles. The Balaban J connectivity index is 1.31. The van der Waals surface area contributed by atoms with Gasteiger partial charge < -0.3 is 20.4 Å². The van der Waals surface area contributed by atoms with Gasteiger partial charge in [0.05, 0.1) is 12.8 Å². The number of nitrogens with zero attached hydrogens (tertiary/aromatic N) is 7. The van der Waals surface area contributed by atoms with Gasteiger partial charge in [-0.25, -0.2) is 27.3 Å². The van der Waals surface area contributed by atoms with Crippen LogP contribution in [0.25, 0.3) is 22.4 Å². The lowest BCUT2D eigenvalue weighted by Crippen LogP contribution is -2.50. The average Bonchev–Trinajstić information content (AvgIpc) is 3.55. The molecule has 5 heterocycles. The number of pyridine rings is 1. The van der Waals surface area contributed by atoms with E-state index in [1.165, 1.54) is 15.9 Å². The zero-order valence-corrected chi connectivity index (χ0v) is 28.8. The molecule has 3 aromatic heterocycles. The van der Waals surface area contributed by atoms with Crippen LogP contribution >= 0.6 is 0 Å². The highest BCUT2D eigenvalue weighted by Crippen LogP contribution is 2.24. The van der Waals surface area contributed by atoms with E-state index in [9.17, 15) is 18.0 Å². The standard InChI is InChI=1S/C33H44N10O4S/c1-23(44)41-14-5-6-28(22-41)42-17-13-34-31(42)29-20-24-21-35-33(38-30(24)43(32(29)45)19-18-40(3)48(4,46)47)37-26-9-7-25(8-10-26)36-27-11-15-39(2)16-12-27/h7-10,13,17,20-21,27-28,36H,5-6,11-12,14-16,18-19,22H2,1-4H3,(H,34,35,37,38,45)/p+1. The number of carbonyl (C=O) groups excluding carboxylic acids is 1. The summed E-state index contributed by atoms with van der Waals surface area (Å²) in [6.45, 7) is 5.18. The van der Waals surface area contributed by atoms with E-state index in [4.69, 9.17) is 4.98 Å². The first-order valence-corrected chi connectivity index (χ1v) is 18.3. The fraction of sp³-hybridized carbons (Fsp3) is 0.485. The van der Waals surface area contributed by atoms with Crippen molar-refractivity contribution in [1.29, 1.82) is 0 Å². The normalized spacial score (nSPS) is 18.0. The van der Waals surface area contributed by atoms with Crippen molar-refractivity contribution in [2.24, 2.45) is 0 Å². The average molecular weight is 678 g/mol. The summed E-state index contributed by atoms with van der Waals surface area (Å²) in [5, 5.41) is 7.51. The maximum absolute atomic E-state index is 14.2. The van der Waals surface area contributed by atoms with Crippen molar-refractivity contribution in [1.82, 2.24) is 33.6 Å². The monoisotopic (exact) mass is 677 g/mol. The highest BCUT2D eigenvalue weighted by Gasteiger charge is 2.31. The van der Waals surface area contributed by atoms with E-state index in [2.05, 4.69) is 32.5 Å². The lowest BCUT2D eigenvalue weighted by atomic mass is 10.0. The molecule has 2 saturated heterocycles. The van der Waals surface area contributed by atoms with Gasteiger partial charge in [-0.1, -0.05) is 0 Å². The van der Waals surface area contributed by atoms with Crippen LogP contribution in [0.15, 0.2) is 53.7 Å². The number of H-pyrrole nitrogens is 1. The Morgan fingerprint density at radius 3 is 2.56 bits per heavy atom. The Hall–Kier alpha value is -4.34. The number of hydrogen-bond acceptors (Lipinski definition) is 9. The molecular weight excluding hydrogens is 632 g/mol. The molecule has 256 valence electrons. The minimum Gasteiger partial charge on any atom is -0.382 e. The third-order valence-corrected chi connectivity index (χ3v) is 10.8. The second-order valence-corrected chi connectivity index (χ2v) is 15.1. The minimum absolute atomic E-state index is 0.00222. The third-order valence-electron chi connectivity index (χ3n) is 9.47. The Morgan fingerprint density at radius 2 is 1.85 bits per heavy atom. The van der Waals surface area contributed by atoms with Crippen molar-refractivity contribution >= 4 is 44.3 Å². The van der Waals surface area contributed by atoms with Gasteiger partial charge in [0.25, 0.3) is 11.4 Å². The van der Waals surface area contributed by atoms with Crippen LogP contribution in [0.1, 0.15) is 38.6 Å². The molecule has 0 bridgehead atoms. The highest BCUT2D eigenvalue weighted by molar-refractivity contribution is 7.88. The van der Waals surface area contributed by atoms with Crippen LogP contribution in [0.3, 0.4) is 0 Å². The van der Waals surface area contributed by atoms with Crippen molar-refractivity contribution in [3.8, 4) is 11.4 Å². The molecule has 2 aliphatic heterocycles. The molecule has 6 rings (SSSR count). The number of amides is 1. The smallest absolute Gasteiger partial charge is 0.292 e. The molecule has 3 N–H and O–H groups in total. The number of sulfonamides is 1. The summed E-state index contributed by atoms with van der Waals surface area (Å²) >= 11 is 0. The summed E-state index contributed by atoms with van der Waals surface area (Å²) in [5.41, 5.74) is 2.34. The Morgan fingerprint density at radius 1 is 1.12 bits per heavy atom. The van der Waals surface area contributed by atoms with Gasteiger partial charge in [-0.05, 0) is 76.2 Å². The molecule has 1 unspecified atom stereocenters. The highest BCUT2D eigenvalue weighted by atomic mass is 32.2. The first-order valence-electron chi connectivity index (χ1n) is 16.4.